The molecule has 0 saturated carbocycles. The monoisotopic (exact) mass is 589 g/mol. The van der Waals surface area contributed by atoms with E-state index in [1.807, 2.05) is 25.3 Å². The molecule has 2 N–H and O–H groups in total. The lowest BCUT2D eigenvalue weighted by Crippen LogP contribution is -2.19. The molecule has 3 rings (SSSR count). The van der Waals surface area contributed by atoms with E-state index in [-0.39, 0.29) is 5.91 Å². The molecule has 0 unspecified atom stereocenters. The van der Waals surface area contributed by atoms with Crippen molar-refractivity contribution in [3.63, 3.8) is 0 Å². The van der Waals surface area contributed by atoms with Crippen molar-refractivity contribution in [2.45, 2.75) is 13.3 Å². The van der Waals surface area contributed by atoms with Crippen molar-refractivity contribution in [3.05, 3.63) is 59.6 Å². The smallest absolute Gasteiger partial charge is 0.264 e. The number of carbonyl (C=O) groups is 1. The average molecular weight is 589 g/mol. The topological polar surface area (TPSA) is 53.5 Å². The summed E-state index contributed by atoms with van der Waals surface area (Å²) in [6, 6.07) is 12.2. The second-order valence-electron chi connectivity index (χ2n) is 5.61. The standard InChI is InChI=1S/C19H17I2N3OS/c1-3-11-4-6-13(7-5-11)23-19-24-18(25)16(26-19)10-12-8-14(20)17(22-2)15(21)9-12/h4-10,22H,3H2,1-2H3,(H,23,24,25)/b16-10-. The highest BCUT2D eigenvalue weighted by Gasteiger charge is 2.24. The van der Waals surface area contributed by atoms with Gasteiger partial charge < -0.3 is 10.6 Å². The number of amidine groups is 1. The summed E-state index contributed by atoms with van der Waals surface area (Å²) < 4.78 is 2.24. The fraction of sp³-hybridized carbons (Fsp3) is 0.158. The maximum Gasteiger partial charge on any atom is 0.264 e. The Bertz CT molecular complexity index is 884. The van der Waals surface area contributed by atoms with Crippen LogP contribution in [0.3, 0.4) is 0 Å². The lowest BCUT2D eigenvalue weighted by Gasteiger charge is -2.08. The molecule has 2 aromatic carbocycles. The molecule has 1 heterocycles. The lowest BCUT2D eigenvalue weighted by molar-refractivity contribution is -0.115. The van der Waals surface area contributed by atoms with Crippen LogP contribution in [0.1, 0.15) is 18.1 Å². The summed E-state index contributed by atoms with van der Waals surface area (Å²) in [6.07, 6.45) is 2.91. The third-order valence-corrected chi connectivity index (χ3v) is 6.45. The highest BCUT2D eigenvalue weighted by atomic mass is 127. The van der Waals surface area contributed by atoms with Gasteiger partial charge in [0.15, 0.2) is 5.17 Å². The minimum Gasteiger partial charge on any atom is -0.386 e. The molecule has 134 valence electrons. The number of halogens is 2. The van der Waals surface area contributed by atoms with Gasteiger partial charge in [0.1, 0.15) is 0 Å². The predicted molar refractivity (Wildman–Crippen MR) is 128 cm³/mol. The summed E-state index contributed by atoms with van der Waals surface area (Å²) in [5.74, 6) is -0.110. The number of amides is 1. The number of thioether (sulfide) groups is 1. The van der Waals surface area contributed by atoms with Gasteiger partial charge in [0, 0.05) is 14.2 Å². The Kier molecular flexibility index (Phi) is 6.62. The van der Waals surface area contributed by atoms with Gasteiger partial charge in [-0.15, -0.1) is 0 Å². The van der Waals surface area contributed by atoms with Gasteiger partial charge in [-0.1, -0.05) is 19.1 Å². The molecule has 4 nitrogen and oxygen atoms in total. The van der Waals surface area contributed by atoms with Crippen molar-refractivity contribution in [1.29, 1.82) is 0 Å². The molecule has 0 spiro atoms. The molecule has 0 aliphatic carbocycles. The molecular formula is C19H17I2N3OS. The second-order valence-corrected chi connectivity index (χ2v) is 8.97. The van der Waals surface area contributed by atoms with Crippen LogP contribution in [0.5, 0.6) is 0 Å². The third-order valence-electron chi connectivity index (χ3n) is 3.84. The van der Waals surface area contributed by atoms with Crippen molar-refractivity contribution >= 4 is 85.5 Å². The van der Waals surface area contributed by atoms with Gasteiger partial charge in [0.25, 0.3) is 5.91 Å². The summed E-state index contributed by atoms with van der Waals surface area (Å²) in [4.78, 5) is 17.5. The van der Waals surface area contributed by atoms with Gasteiger partial charge in [-0.2, -0.15) is 0 Å². The van der Waals surface area contributed by atoms with Gasteiger partial charge >= 0.3 is 0 Å². The first-order valence-corrected chi connectivity index (χ1v) is 11.0. The van der Waals surface area contributed by atoms with E-state index in [9.17, 15) is 4.79 Å². The molecule has 1 aliphatic heterocycles. The number of rotatable bonds is 4. The van der Waals surface area contributed by atoms with Crippen molar-refractivity contribution in [2.75, 3.05) is 12.4 Å². The van der Waals surface area contributed by atoms with Gasteiger partial charge in [-0.05, 0) is 105 Å². The van der Waals surface area contributed by atoms with Crippen LogP contribution in [0, 0.1) is 7.14 Å². The molecule has 2 aromatic rings. The van der Waals surface area contributed by atoms with Crippen molar-refractivity contribution < 1.29 is 4.79 Å². The zero-order valence-electron chi connectivity index (χ0n) is 14.3. The molecule has 7 heteroatoms. The number of hydrogen-bond acceptors (Lipinski definition) is 4. The quantitative estimate of drug-likeness (QED) is 0.372. The Balaban J connectivity index is 1.83. The lowest BCUT2D eigenvalue weighted by atomic mass is 10.2. The van der Waals surface area contributed by atoms with E-state index in [1.54, 1.807) is 0 Å². The minimum absolute atomic E-state index is 0.110. The Labute approximate surface area is 184 Å². The Morgan fingerprint density at radius 1 is 1.19 bits per heavy atom. The van der Waals surface area contributed by atoms with Crippen LogP contribution in [0.2, 0.25) is 0 Å². The zero-order valence-corrected chi connectivity index (χ0v) is 19.4. The molecule has 0 aromatic heterocycles. The molecule has 0 radical (unpaired) electrons. The Hall–Kier alpha value is -1.07. The SMILES string of the molecule is CCc1ccc(N=C2NC(=O)/C(=C/c3cc(I)c(NC)c(I)c3)S2)cc1. The fourth-order valence-electron chi connectivity index (χ4n) is 2.47. The molecule has 1 aliphatic rings. The van der Waals surface area contributed by atoms with Crippen LogP contribution in [0.15, 0.2) is 46.3 Å². The first kappa shape index (κ1) is 19.7. The van der Waals surface area contributed by atoms with Crippen molar-refractivity contribution in [3.8, 4) is 0 Å². The molecule has 1 saturated heterocycles. The molecule has 26 heavy (non-hydrogen) atoms. The summed E-state index contributed by atoms with van der Waals surface area (Å²) in [5, 5.41) is 6.65. The molecule has 0 atom stereocenters. The van der Waals surface area contributed by atoms with E-state index in [0.29, 0.717) is 10.1 Å². The Morgan fingerprint density at radius 2 is 1.85 bits per heavy atom. The minimum atomic E-state index is -0.110. The third kappa shape index (κ3) is 4.61. The summed E-state index contributed by atoms with van der Waals surface area (Å²) >= 11 is 5.97. The van der Waals surface area contributed by atoms with Crippen LogP contribution in [0.25, 0.3) is 6.08 Å². The van der Waals surface area contributed by atoms with E-state index in [2.05, 4.69) is 92.0 Å². The first-order chi connectivity index (χ1) is 12.5. The van der Waals surface area contributed by atoms with Crippen molar-refractivity contribution in [2.24, 2.45) is 4.99 Å². The van der Waals surface area contributed by atoms with Gasteiger partial charge in [0.2, 0.25) is 0 Å². The molecule has 1 amide bonds. The number of nitrogens with one attached hydrogen (secondary N) is 2. The van der Waals surface area contributed by atoms with Crippen molar-refractivity contribution in [1.82, 2.24) is 5.32 Å². The van der Waals surface area contributed by atoms with E-state index < -0.39 is 0 Å². The van der Waals surface area contributed by atoms with E-state index in [0.717, 1.165) is 30.5 Å². The van der Waals surface area contributed by atoms with Crippen LogP contribution in [0.4, 0.5) is 11.4 Å². The van der Waals surface area contributed by atoms with Crippen LogP contribution >= 0.6 is 56.9 Å². The first-order valence-electron chi connectivity index (χ1n) is 8.05. The van der Waals surface area contributed by atoms with Gasteiger partial charge in [-0.25, -0.2) is 4.99 Å². The summed E-state index contributed by atoms with van der Waals surface area (Å²) in [7, 11) is 1.91. The number of anilines is 1. The molecular weight excluding hydrogens is 572 g/mol. The van der Waals surface area contributed by atoms with Gasteiger partial charge in [0.05, 0.1) is 16.3 Å². The van der Waals surface area contributed by atoms with Gasteiger partial charge in [-0.3, -0.25) is 4.79 Å². The van der Waals surface area contributed by atoms with E-state index in [1.165, 1.54) is 17.3 Å². The maximum atomic E-state index is 12.3. The number of carbonyl (C=O) groups excluding carboxylic acids is 1. The number of benzene rings is 2. The number of hydrogen-bond donors (Lipinski definition) is 2. The number of aliphatic imine (C=N–C) groups is 1. The van der Waals surface area contributed by atoms with Crippen LogP contribution in [-0.4, -0.2) is 18.1 Å². The molecule has 0 bridgehead atoms. The fourth-order valence-corrected chi connectivity index (χ4v) is 5.67. The zero-order chi connectivity index (χ0) is 18.7. The van der Waals surface area contributed by atoms with Crippen LogP contribution in [-0.2, 0) is 11.2 Å². The second kappa shape index (κ2) is 8.75. The summed E-state index contributed by atoms with van der Waals surface area (Å²) in [6.45, 7) is 2.12. The number of aryl methyl sites for hydroxylation is 1. The predicted octanol–water partition coefficient (Wildman–Crippen LogP) is 5.39. The normalized spacial score (nSPS) is 17.0. The highest BCUT2D eigenvalue weighted by Crippen LogP contribution is 2.31. The Morgan fingerprint density at radius 3 is 2.42 bits per heavy atom. The van der Waals surface area contributed by atoms with E-state index in [4.69, 9.17) is 0 Å². The van der Waals surface area contributed by atoms with E-state index >= 15 is 0 Å². The maximum absolute atomic E-state index is 12.3. The largest absolute Gasteiger partial charge is 0.386 e. The summed E-state index contributed by atoms with van der Waals surface area (Å²) in [5.41, 5.74) is 4.22. The average Bonchev–Trinajstić information content (AvgIpc) is 2.94. The number of nitrogens with zero attached hydrogens (tertiary/aromatic N) is 1. The highest BCUT2D eigenvalue weighted by molar-refractivity contribution is 14.1. The van der Waals surface area contributed by atoms with Crippen LogP contribution < -0.4 is 10.6 Å². The molecule has 1 fully saturated rings.